The van der Waals surface area contributed by atoms with E-state index in [4.69, 9.17) is 5.73 Å². The van der Waals surface area contributed by atoms with Crippen LogP contribution in [-0.2, 0) is 0 Å². The molecule has 1 fully saturated rings. The van der Waals surface area contributed by atoms with Gasteiger partial charge in [-0.05, 0) is 45.2 Å². The number of nitrogens with two attached hydrogens (primary N) is 1. The third kappa shape index (κ3) is 2.14. The number of anilines is 2. The van der Waals surface area contributed by atoms with Crippen LogP contribution in [-0.4, -0.2) is 37.1 Å². The van der Waals surface area contributed by atoms with Crippen LogP contribution in [0.15, 0.2) is 24.3 Å². The molecule has 3 nitrogen and oxygen atoms in total. The second kappa shape index (κ2) is 4.34. The van der Waals surface area contributed by atoms with Crippen LogP contribution >= 0.6 is 0 Å². The van der Waals surface area contributed by atoms with Gasteiger partial charge in [0, 0.05) is 36.5 Å². The van der Waals surface area contributed by atoms with Crippen LogP contribution in [0.3, 0.4) is 0 Å². The summed E-state index contributed by atoms with van der Waals surface area (Å²) in [6, 6.07) is 9.37. The number of benzene rings is 1. The van der Waals surface area contributed by atoms with Gasteiger partial charge in [0.2, 0.25) is 0 Å². The van der Waals surface area contributed by atoms with Crippen LogP contribution in [0.25, 0.3) is 0 Å². The minimum atomic E-state index is 0.598. The van der Waals surface area contributed by atoms with Crippen LogP contribution < -0.4 is 10.6 Å². The number of likely N-dealkylation sites (N-methyl/N-ethyl adjacent to an activating group) is 1. The van der Waals surface area contributed by atoms with E-state index in [1.807, 2.05) is 12.1 Å². The Hall–Kier alpha value is -1.22. The minimum Gasteiger partial charge on any atom is -0.399 e. The lowest BCUT2D eigenvalue weighted by Crippen LogP contribution is -2.55. The Morgan fingerprint density at radius 1 is 1.06 bits per heavy atom. The van der Waals surface area contributed by atoms with Gasteiger partial charge in [-0.3, -0.25) is 4.90 Å². The lowest BCUT2D eigenvalue weighted by atomic mass is 10.1. The predicted octanol–water partition coefficient (Wildman–Crippen LogP) is 1.80. The van der Waals surface area contributed by atoms with E-state index in [0.29, 0.717) is 12.1 Å². The van der Waals surface area contributed by atoms with Crippen molar-refractivity contribution in [3.8, 4) is 0 Å². The summed E-state index contributed by atoms with van der Waals surface area (Å²) in [7, 11) is 2.20. The zero-order valence-corrected chi connectivity index (χ0v) is 10.4. The zero-order valence-electron chi connectivity index (χ0n) is 10.4. The van der Waals surface area contributed by atoms with Crippen LogP contribution in [0.1, 0.15) is 13.8 Å². The van der Waals surface area contributed by atoms with Crippen molar-refractivity contribution < 1.29 is 0 Å². The Labute approximate surface area is 97.8 Å². The third-order valence-corrected chi connectivity index (χ3v) is 3.62. The molecule has 2 N–H and O–H groups in total. The van der Waals surface area contributed by atoms with Crippen LogP contribution in [0, 0.1) is 0 Å². The van der Waals surface area contributed by atoms with Crippen molar-refractivity contribution >= 4 is 11.4 Å². The van der Waals surface area contributed by atoms with E-state index >= 15 is 0 Å². The molecule has 0 aromatic heterocycles. The average molecular weight is 219 g/mol. The number of hydrogen-bond donors (Lipinski definition) is 1. The van der Waals surface area contributed by atoms with Crippen molar-refractivity contribution in [1.29, 1.82) is 0 Å². The Bertz CT molecular complexity index is 335. The van der Waals surface area contributed by atoms with Gasteiger partial charge in [-0.1, -0.05) is 0 Å². The second-order valence-corrected chi connectivity index (χ2v) is 4.86. The Morgan fingerprint density at radius 3 is 2.06 bits per heavy atom. The smallest absolute Gasteiger partial charge is 0.0368 e. The maximum absolute atomic E-state index is 5.71. The van der Waals surface area contributed by atoms with Crippen molar-refractivity contribution in [3.63, 3.8) is 0 Å². The molecule has 1 aromatic rings. The first-order valence-corrected chi connectivity index (χ1v) is 5.90. The number of nitrogens with zero attached hydrogens (tertiary/aromatic N) is 2. The number of nitrogen functional groups attached to an aromatic ring is 1. The summed E-state index contributed by atoms with van der Waals surface area (Å²) in [5.41, 5.74) is 7.82. The molecule has 1 aromatic carbocycles. The molecule has 0 saturated carbocycles. The molecule has 2 atom stereocenters. The first kappa shape index (κ1) is 11.3. The van der Waals surface area contributed by atoms with Gasteiger partial charge >= 0.3 is 0 Å². The highest BCUT2D eigenvalue weighted by Gasteiger charge is 2.26. The lowest BCUT2D eigenvalue weighted by Gasteiger charge is -2.43. The van der Waals surface area contributed by atoms with E-state index in [1.54, 1.807) is 0 Å². The standard InChI is InChI=1S/C13H21N3/c1-10-8-16(9-11(2)15(10)3)13-6-4-12(14)5-7-13/h4-7,10-11H,8-9,14H2,1-3H3. The van der Waals surface area contributed by atoms with Gasteiger partial charge in [0.25, 0.3) is 0 Å². The minimum absolute atomic E-state index is 0.598. The molecular formula is C13H21N3. The average Bonchev–Trinajstić information content (AvgIpc) is 2.26. The highest BCUT2D eigenvalue weighted by atomic mass is 15.3. The van der Waals surface area contributed by atoms with Crippen molar-refractivity contribution in [1.82, 2.24) is 4.90 Å². The van der Waals surface area contributed by atoms with E-state index in [-0.39, 0.29) is 0 Å². The van der Waals surface area contributed by atoms with Gasteiger partial charge in [-0.15, -0.1) is 0 Å². The van der Waals surface area contributed by atoms with Gasteiger partial charge in [-0.2, -0.15) is 0 Å². The van der Waals surface area contributed by atoms with Gasteiger partial charge in [0.15, 0.2) is 0 Å². The summed E-state index contributed by atoms with van der Waals surface area (Å²) < 4.78 is 0. The fourth-order valence-electron chi connectivity index (χ4n) is 2.30. The Kier molecular flexibility index (Phi) is 3.06. The molecule has 16 heavy (non-hydrogen) atoms. The highest BCUT2D eigenvalue weighted by Crippen LogP contribution is 2.22. The molecule has 0 radical (unpaired) electrons. The van der Waals surface area contributed by atoms with E-state index in [2.05, 4.69) is 42.8 Å². The number of hydrogen-bond acceptors (Lipinski definition) is 3. The summed E-state index contributed by atoms with van der Waals surface area (Å²) in [5.74, 6) is 0. The molecule has 0 bridgehead atoms. The molecule has 2 rings (SSSR count). The summed E-state index contributed by atoms with van der Waals surface area (Å²) >= 11 is 0. The first-order chi connectivity index (χ1) is 7.58. The number of rotatable bonds is 1. The Morgan fingerprint density at radius 2 is 1.56 bits per heavy atom. The Balaban J connectivity index is 2.13. The van der Waals surface area contributed by atoms with Crippen LogP contribution in [0.5, 0.6) is 0 Å². The largest absolute Gasteiger partial charge is 0.399 e. The molecule has 1 aliphatic heterocycles. The molecule has 1 heterocycles. The second-order valence-electron chi connectivity index (χ2n) is 4.86. The van der Waals surface area contributed by atoms with Crippen molar-refractivity contribution in [3.05, 3.63) is 24.3 Å². The quantitative estimate of drug-likeness (QED) is 0.731. The number of piperazine rings is 1. The topological polar surface area (TPSA) is 32.5 Å². The molecule has 1 aliphatic rings. The van der Waals surface area contributed by atoms with E-state index in [0.717, 1.165) is 18.8 Å². The maximum Gasteiger partial charge on any atom is 0.0368 e. The van der Waals surface area contributed by atoms with Crippen molar-refractivity contribution in [2.45, 2.75) is 25.9 Å². The molecule has 0 aliphatic carbocycles. The molecule has 2 unspecified atom stereocenters. The van der Waals surface area contributed by atoms with Crippen LogP contribution in [0.2, 0.25) is 0 Å². The van der Waals surface area contributed by atoms with E-state index < -0.39 is 0 Å². The molecule has 3 heteroatoms. The molecule has 1 saturated heterocycles. The zero-order chi connectivity index (χ0) is 11.7. The summed E-state index contributed by atoms with van der Waals surface area (Å²) in [6.45, 7) is 6.73. The first-order valence-electron chi connectivity index (χ1n) is 5.90. The highest BCUT2D eigenvalue weighted by molar-refractivity contribution is 5.53. The lowest BCUT2D eigenvalue weighted by molar-refractivity contribution is 0.170. The van der Waals surface area contributed by atoms with Gasteiger partial charge in [0.1, 0.15) is 0 Å². The molecule has 0 amide bonds. The van der Waals surface area contributed by atoms with Crippen molar-refractivity contribution in [2.75, 3.05) is 30.8 Å². The summed E-state index contributed by atoms with van der Waals surface area (Å²) in [6.07, 6.45) is 0. The monoisotopic (exact) mass is 219 g/mol. The van der Waals surface area contributed by atoms with E-state index in [1.165, 1.54) is 5.69 Å². The maximum atomic E-state index is 5.71. The fourth-order valence-corrected chi connectivity index (χ4v) is 2.30. The van der Waals surface area contributed by atoms with Crippen LogP contribution in [0.4, 0.5) is 11.4 Å². The molecule has 0 spiro atoms. The SMILES string of the molecule is CC1CN(c2ccc(N)cc2)CC(C)N1C. The third-order valence-electron chi connectivity index (χ3n) is 3.62. The summed E-state index contributed by atoms with van der Waals surface area (Å²) in [4.78, 5) is 4.88. The van der Waals surface area contributed by atoms with Gasteiger partial charge in [-0.25, -0.2) is 0 Å². The normalized spacial score (nSPS) is 27.1. The fraction of sp³-hybridized carbons (Fsp3) is 0.538. The van der Waals surface area contributed by atoms with Crippen molar-refractivity contribution in [2.24, 2.45) is 0 Å². The predicted molar refractivity (Wildman–Crippen MR) is 69.8 cm³/mol. The van der Waals surface area contributed by atoms with Gasteiger partial charge in [0.05, 0.1) is 0 Å². The van der Waals surface area contributed by atoms with E-state index in [9.17, 15) is 0 Å². The summed E-state index contributed by atoms with van der Waals surface area (Å²) in [5, 5.41) is 0. The molecule has 88 valence electrons. The van der Waals surface area contributed by atoms with Gasteiger partial charge < -0.3 is 10.6 Å². The molecular weight excluding hydrogens is 198 g/mol.